The van der Waals surface area contributed by atoms with Gasteiger partial charge in [0.25, 0.3) is 5.56 Å². The van der Waals surface area contributed by atoms with E-state index in [1.165, 1.54) is 11.6 Å². The van der Waals surface area contributed by atoms with Crippen LogP contribution in [0, 0.1) is 0 Å². The lowest BCUT2D eigenvalue weighted by atomic mass is 10.0. The van der Waals surface area contributed by atoms with Crippen LogP contribution in [0.5, 0.6) is 5.75 Å². The second-order valence-electron chi connectivity index (χ2n) is 8.52. The summed E-state index contributed by atoms with van der Waals surface area (Å²) in [5, 5.41) is 4.93. The minimum atomic E-state index is -0.424. The molecule has 35 heavy (non-hydrogen) atoms. The van der Waals surface area contributed by atoms with E-state index in [2.05, 4.69) is 5.16 Å². The fourth-order valence-electron chi connectivity index (χ4n) is 4.29. The molecule has 0 N–H and O–H groups in total. The van der Waals surface area contributed by atoms with Crippen molar-refractivity contribution >= 4 is 28.5 Å². The molecular formula is C25H24ClN5O4. The van der Waals surface area contributed by atoms with Crippen LogP contribution in [0.3, 0.4) is 0 Å². The number of halogens is 1. The van der Waals surface area contributed by atoms with Gasteiger partial charge in [-0.25, -0.2) is 9.78 Å². The number of aryl methyl sites for hydroxylation is 1. The Bertz CT molecular complexity index is 1550. The summed E-state index contributed by atoms with van der Waals surface area (Å²) in [4.78, 5) is 36.1. The molecule has 0 bridgehead atoms. The van der Waals surface area contributed by atoms with E-state index in [-0.39, 0.29) is 6.10 Å². The molecule has 2 aromatic heterocycles. The molecule has 4 aromatic rings. The van der Waals surface area contributed by atoms with Gasteiger partial charge < -0.3 is 14.1 Å². The highest BCUT2D eigenvalue weighted by Crippen LogP contribution is 2.23. The summed E-state index contributed by atoms with van der Waals surface area (Å²) in [5.74, 6) is 1.42. The Balaban J connectivity index is 1.51. The third-order valence-electron chi connectivity index (χ3n) is 6.24. The van der Waals surface area contributed by atoms with Crippen LogP contribution in [-0.2, 0) is 31.9 Å². The Kier molecular flexibility index (Phi) is 5.94. The van der Waals surface area contributed by atoms with Gasteiger partial charge in [0.1, 0.15) is 11.6 Å². The van der Waals surface area contributed by atoms with Gasteiger partial charge in [-0.2, -0.15) is 0 Å². The van der Waals surface area contributed by atoms with Gasteiger partial charge in [0.15, 0.2) is 17.3 Å². The Morgan fingerprint density at radius 2 is 1.77 bits per heavy atom. The second kappa shape index (κ2) is 9.07. The highest BCUT2D eigenvalue weighted by molar-refractivity contribution is 6.30. The molecule has 1 atom stereocenters. The maximum absolute atomic E-state index is 13.1. The van der Waals surface area contributed by atoms with E-state index >= 15 is 0 Å². The lowest BCUT2D eigenvalue weighted by Crippen LogP contribution is -2.38. The van der Waals surface area contributed by atoms with Crippen molar-refractivity contribution in [3.8, 4) is 5.75 Å². The molecule has 0 saturated carbocycles. The molecule has 180 valence electrons. The molecule has 1 aliphatic heterocycles. The molecule has 0 aliphatic carbocycles. The molecule has 0 fully saturated rings. The Labute approximate surface area is 205 Å². The molecular weight excluding hydrogens is 470 g/mol. The summed E-state index contributed by atoms with van der Waals surface area (Å²) >= 11 is 6.04. The van der Waals surface area contributed by atoms with Crippen molar-refractivity contribution in [2.24, 2.45) is 19.3 Å². The lowest BCUT2D eigenvalue weighted by Gasteiger charge is -2.13. The Morgan fingerprint density at radius 3 is 2.46 bits per heavy atom. The summed E-state index contributed by atoms with van der Waals surface area (Å²) in [5.41, 5.74) is 2.64. The number of aromatic nitrogens is 4. The van der Waals surface area contributed by atoms with Crippen LogP contribution in [0.15, 0.2) is 63.3 Å². The molecule has 1 aliphatic rings. The SMILES string of the molecule is COc1ccc(C2=NO[C@H](Cn3c(Cc4ccc(Cl)cc4)nc4c3c(=O)n(C)c(=O)n4C)C2)cc1. The van der Waals surface area contributed by atoms with Gasteiger partial charge in [0.05, 0.1) is 19.4 Å². The van der Waals surface area contributed by atoms with Crippen molar-refractivity contribution in [1.29, 1.82) is 0 Å². The van der Waals surface area contributed by atoms with Crippen LogP contribution in [0.4, 0.5) is 0 Å². The monoisotopic (exact) mass is 493 g/mol. The maximum Gasteiger partial charge on any atom is 0.332 e. The molecule has 0 unspecified atom stereocenters. The molecule has 0 spiro atoms. The first-order valence-electron chi connectivity index (χ1n) is 11.1. The average Bonchev–Trinajstić information content (AvgIpc) is 3.48. The van der Waals surface area contributed by atoms with Crippen molar-refractivity contribution in [2.75, 3.05) is 7.11 Å². The minimum absolute atomic E-state index is 0.296. The van der Waals surface area contributed by atoms with E-state index in [1.807, 2.05) is 53.1 Å². The third kappa shape index (κ3) is 4.23. The zero-order chi connectivity index (χ0) is 24.7. The smallest absolute Gasteiger partial charge is 0.332 e. The topological polar surface area (TPSA) is 92.6 Å². The molecule has 0 radical (unpaired) electrons. The number of imidazole rings is 1. The van der Waals surface area contributed by atoms with Crippen LogP contribution in [0.2, 0.25) is 5.02 Å². The predicted molar refractivity (Wildman–Crippen MR) is 133 cm³/mol. The van der Waals surface area contributed by atoms with Gasteiger partial charge in [-0.1, -0.05) is 28.9 Å². The van der Waals surface area contributed by atoms with Crippen LogP contribution >= 0.6 is 11.6 Å². The number of hydrogen-bond donors (Lipinski definition) is 0. The molecule has 0 amide bonds. The summed E-state index contributed by atoms with van der Waals surface area (Å²) in [6.07, 6.45) is 0.732. The number of oxime groups is 1. The largest absolute Gasteiger partial charge is 0.497 e. The number of rotatable bonds is 6. The van der Waals surface area contributed by atoms with Crippen molar-refractivity contribution < 1.29 is 9.57 Å². The fraction of sp³-hybridized carbons (Fsp3) is 0.280. The van der Waals surface area contributed by atoms with Crippen molar-refractivity contribution in [1.82, 2.24) is 18.7 Å². The first-order valence-corrected chi connectivity index (χ1v) is 11.5. The third-order valence-corrected chi connectivity index (χ3v) is 6.50. The second-order valence-corrected chi connectivity index (χ2v) is 8.95. The van der Waals surface area contributed by atoms with E-state index in [9.17, 15) is 9.59 Å². The van der Waals surface area contributed by atoms with Crippen molar-refractivity contribution in [3.05, 3.63) is 91.3 Å². The number of fused-ring (bicyclic) bond motifs is 1. The van der Waals surface area contributed by atoms with Gasteiger partial charge in [0.2, 0.25) is 0 Å². The van der Waals surface area contributed by atoms with Crippen LogP contribution in [0.25, 0.3) is 11.2 Å². The summed E-state index contributed by atoms with van der Waals surface area (Å²) in [7, 11) is 4.71. The Hall–Kier alpha value is -3.85. The highest BCUT2D eigenvalue weighted by Gasteiger charge is 2.27. The number of nitrogens with zero attached hydrogens (tertiary/aromatic N) is 5. The molecule has 5 rings (SSSR count). The first-order chi connectivity index (χ1) is 16.9. The number of benzene rings is 2. The quantitative estimate of drug-likeness (QED) is 0.412. The normalized spacial score (nSPS) is 15.3. The van der Waals surface area contributed by atoms with E-state index in [0.29, 0.717) is 41.4 Å². The zero-order valence-corrected chi connectivity index (χ0v) is 20.3. The summed E-state index contributed by atoms with van der Waals surface area (Å²) < 4.78 is 9.57. The molecule has 3 heterocycles. The van der Waals surface area contributed by atoms with E-state index < -0.39 is 11.2 Å². The molecule has 9 nitrogen and oxygen atoms in total. The zero-order valence-electron chi connectivity index (χ0n) is 19.6. The minimum Gasteiger partial charge on any atom is -0.497 e. The standard InChI is InChI=1S/C25H24ClN5O4/c1-29-23-22(24(32)30(2)25(29)33)31(21(27-23)12-15-4-8-17(26)9-5-15)14-19-13-20(28-35-19)16-6-10-18(34-3)11-7-16/h4-11,19H,12-14H2,1-3H3/t19-/m0/s1. The molecule has 0 saturated heterocycles. The average molecular weight is 494 g/mol. The summed E-state index contributed by atoms with van der Waals surface area (Å²) in [6.45, 7) is 0.357. The predicted octanol–water partition coefficient (Wildman–Crippen LogP) is 2.88. The highest BCUT2D eigenvalue weighted by atomic mass is 35.5. The number of hydrogen-bond acceptors (Lipinski definition) is 6. The van der Waals surface area contributed by atoms with Gasteiger partial charge in [-0.3, -0.25) is 13.9 Å². The van der Waals surface area contributed by atoms with Crippen molar-refractivity contribution in [2.45, 2.75) is 25.5 Å². The van der Waals surface area contributed by atoms with Gasteiger partial charge in [0, 0.05) is 32.0 Å². The van der Waals surface area contributed by atoms with Gasteiger partial charge >= 0.3 is 5.69 Å². The lowest BCUT2D eigenvalue weighted by molar-refractivity contribution is 0.0727. The van der Waals surface area contributed by atoms with Gasteiger partial charge in [-0.05, 0) is 47.5 Å². The Morgan fingerprint density at radius 1 is 1.06 bits per heavy atom. The van der Waals surface area contributed by atoms with E-state index in [4.69, 9.17) is 26.2 Å². The molecule has 10 heteroatoms. The van der Waals surface area contributed by atoms with Crippen LogP contribution in [-0.4, -0.2) is 37.6 Å². The van der Waals surface area contributed by atoms with Crippen LogP contribution < -0.4 is 16.0 Å². The van der Waals surface area contributed by atoms with Crippen molar-refractivity contribution in [3.63, 3.8) is 0 Å². The summed E-state index contributed by atoms with van der Waals surface area (Å²) in [6, 6.07) is 15.1. The number of methoxy groups -OCH3 is 1. The van der Waals surface area contributed by atoms with Crippen LogP contribution in [0.1, 0.15) is 23.4 Å². The molecule has 2 aromatic carbocycles. The van der Waals surface area contributed by atoms with Gasteiger partial charge in [-0.15, -0.1) is 0 Å². The van der Waals surface area contributed by atoms with E-state index in [0.717, 1.165) is 27.2 Å². The maximum atomic E-state index is 13.1. The first kappa shape index (κ1) is 22.9. The van der Waals surface area contributed by atoms with E-state index in [1.54, 1.807) is 14.2 Å². The fourth-order valence-corrected chi connectivity index (χ4v) is 4.42. The number of ether oxygens (including phenoxy) is 1.